The first-order valence-corrected chi connectivity index (χ1v) is 9.73. The Morgan fingerprint density at radius 3 is 1.93 bits per heavy atom. The van der Waals surface area contributed by atoms with Crippen LogP contribution in [0.2, 0.25) is 0 Å². The molecule has 0 unspecified atom stereocenters. The predicted molar refractivity (Wildman–Crippen MR) is 107 cm³/mol. The molecule has 4 rings (SSSR count). The molecule has 0 aromatic carbocycles. The Kier molecular flexibility index (Phi) is 7.48. The van der Waals surface area contributed by atoms with E-state index in [0.717, 1.165) is 12.8 Å². The Bertz CT molecular complexity index is 890. The summed E-state index contributed by atoms with van der Waals surface area (Å²) in [7, 11) is 0. The van der Waals surface area contributed by atoms with Gasteiger partial charge in [-0.05, 0) is 13.8 Å². The smallest absolute Gasteiger partial charge is 0.300 e. The number of allylic oxidation sites excluding steroid dienone is 1. The van der Waals surface area contributed by atoms with Crippen LogP contribution in [0.5, 0.6) is 0 Å². The van der Waals surface area contributed by atoms with Crippen molar-refractivity contribution in [2.24, 2.45) is 4.99 Å². The van der Waals surface area contributed by atoms with E-state index < -0.39 is 9.85 Å². The molecule has 0 spiro atoms. The summed E-state index contributed by atoms with van der Waals surface area (Å²) in [6.45, 7) is 3.69. The number of aryl methyl sites for hydroxylation is 1. The van der Waals surface area contributed by atoms with E-state index in [9.17, 15) is 29.8 Å². The minimum absolute atomic E-state index is 0.0179. The van der Waals surface area contributed by atoms with E-state index in [1.807, 2.05) is 0 Å². The van der Waals surface area contributed by atoms with Crippen molar-refractivity contribution in [1.29, 1.82) is 0 Å². The van der Waals surface area contributed by atoms with Gasteiger partial charge in [0.2, 0.25) is 0 Å². The standard InChI is InChI=1S/C8H9N3O3.C5H6N2O2.C4H5BrO/c1-5-8(11(13)14)4-10(9-5)6-2-7(12)3-6;1-4-5(7(8)9)2-3-6-4;5-3-1-4(6)2-3/h4,6H,2-3H2,1H3;2H,3H2,1H3;3H,1-2H2. The summed E-state index contributed by atoms with van der Waals surface area (Å²) in [5.74, 6) is 0.572. The van der Waals surface area contributed by atoms with Gasteiger partial charge < -0.3 is 0 Å². The van der Waals surface area contributed by atoms with Gasteiger partial charge in [0.05, 0.1) is 22.4 Å². The van der Waals surface area contributed by atoms with E-state index in [1.54, 1.807) is 13.8 Å². The van der Waals surface area contributed by atoms with Crippen molar-refractivity contribution < 1.29 is 19.4 Å². The zero-order chi connectivity index (χ0) is 21.7. The second kappa shape index (κ2) is 9.63. The third-order valence-corrected chi connectivity index (χ3v) is 5.11. The number of Topliss-reactive ketones (excluding diaryl/α,β-unsaturated/α-hetero) is 2. The summed E-state index contributed by atoms with van der Waals surface area (Å²) in [5.41, 5.74) is 1.09. The highest BCUT2D eigenvalue weighted by atomic mass is 79.9. The van der Waals surface area contributed by atoms with Gasteiger partial charge in [0.1, 0.15) is 29.2 Å². The summed E-state index contributed by atoms with van der Waals surface area (Å²) >= 11 is 3.28. The Morgan fingerprint density at radius 2 is 1.66 bits per heavy atom. The lowest BCUT2D eigenvalue weighted by Crippen LogP contribution is -2.26. The van der Waals surface area contributed by atoms with Crippen LogP contribution in [0, 0.1) is 27.2 Å². The number of nitro groups is 2. The fraction of sp³-hybridized carbons (Fsp3) is 0.529. The van der Waals surface area contributed by atoms with Gasteiger partial charge in [-0.25, -0.2) is 0 Å². The molecule has 1 aromatic rings. The molecule has 12 heteroatoms. The van der Waals surface area contributed by atoms with Crippen LogP contribution < -0.4 is 0 Å². The molecule has 0 amide bonds. The number of aliphatic imine (C=N–C) groups is 1. The molecule has 0 N–H and O–H groups in total. The maximum absolute atomic E-state index is 10.7. The summed E-state index contributed by atoms with van der Waals surface area (Å²) < 4.78 is 1.52. The molecule has 0 atom stereocenters. The average molecular weight is 470 g/mol. The average Bonchev–Trinajstić information content (AvgIpc) is 3.18. The van der Waals surface area contributed by atoms with Crippen LogP contribution in [0.4, 0.5) is 5.69 Å². The molecule has 2 heterocycles. The first kappa shape index (κ1) is 22.5. The number of alkyl halides is 1. The minimum atomic E-state index is -0.459. The van der Waals surface area contributed by atoms with E-state index in [4.69, 9.17) is 0 Å². The van der Waals surface area contributed by atoms with Crippen LogP contribution in [-0.2, 0) is 9.59 Å². The van der Waals surface area contributed by atoms with Gasteiger partial charge in [0.15, 0.2) is 0 Å². The zero-order valence-corrected chi connectivity index (χ0v) is 17.5. The maximum Gasteiger partial charge on any atom is 0.309 e. The van der Waals surface area contributed by atoms with Crippen LogP contribution >= 0.6 is 15.9 Å². The van der Waals surface area contributed by atoms with Gasteiger partial charge in [0, 0.05) is 36.6 Å². The van der Waals surface area contributed by atoms with Crippen molar-refractivity contribution in [2.45, 2.75) is 50.4 Å². The molecule has 29 heavy (non-hydrogen) atoms. The Labute approximate surface area is 174 Å². The fourth-order valence-corrected chi connectivity index (χ4v) is 3.35. The molecule has 0 radical (unpaired) electrons. The number of aromatic nitrogens is 2. The number of hydrogen-bond acceptors (Lipinski definition) is 8. The molecule has 3 aliphatic rings. The number of carbonyl (C=O) groups is 2. The lowest BCUT2D eigenvalue weighted by atomic mass is 9.92. The normalized spacial score (nSPS) is 18.3. The number of ketones is 2. The van der Waals surface area contributed by atoms with Gasteiger partial charge in [-0.1, -0.05) is 15.9 Å². The third-order valence-electron chi connectivity index (χ3n) is 4.47. The summed E-state index contributed by atoms with van der Waals surface area (Å²) in [6, 6.07) is 0.0231. The van der Waals surface area contributed by atoms with Crippen LogP contribution in [-0.4, -0.2) is 48.3 Å². The lowest BCUT2D eigenvalue weighted by molar-refractivity contribution is -0.414. The van der Waals surface area contributed by atoms with Gasteiger partial charge in [-0.2, -0.15) is 5.10 Å². The molecule has 1 aromatic heterocycles. The molecule has 1 aliphatic heterocycles. The highest BCUT2D eigenvalue weighted by Crippen LogP contribution is 2.29. The highest BCUT2D eigenvalue weighted by Gasteiger charge is 2.30. The first-order valence-electron chi connectivity index (χ1n) is 8.82. The topological polar surface area (TPSA) is 151 Å². The third kappa shape index (κ3) is 6.11. The number of halogens is 1. The Balaban J connectivity index is 0.000000171. The van der Waals surface area contributed by atoms with Crippen LogP contribution in [0.25, 0.3) is 0 Å². The van der Waals surface area contributed by atoms with Crippen LogP contribution in [0.15, 0.2) is 23.0 Å². The first-order chi connectivity index (χ1) is 13.6. The van der Waals surface area contributed by atoms with E-state index >= 15 is 0 Å². The van der Waals surface area contributed by atoms with Crippen molar-refractivity contribution >= 4 is 38.9 Å². The molecule has 2 aliphatic carbocycles. The molecular weight excluding hydrogens is 450 g/mol. The molecule has 156 valence electrons. The number of rotatable bonds is 3. The fourth-order valence-electron chi connectivity index (χ4n) is 2.63. The molecule has 0 saturated heterocycles. The quantitative estimate of drug-likeness (QED) is 0.374. The van der Waals surface area contributed by atoms with Crippen molar-refractivity contribution in [3.05, 3.63) is 43.9 Å². The van der Waals surface area contributed by atoms with Gasteiger partial charge >= 0.3 is 5.69 Å². The number of hydrogen-bond donors (Lipinski definition) is 0. The van der Waals surface area contributed by atoms with Crippen molar-refractivity contribution in [3.8, 4) is 0 Å². The molecule has 11 nitrogen and oxygen atoms in total. The maximum atomic E-state index is 10.7. The Hall–Kier alpha value is -2.76. The monoisotopic (exact) mass is 469 g/mol. The minimum Gasteiger partial charge on any atom is -0.300 e. The summed E-state index contributed by atoms with van der Waals surface area (Å²) in [5, 5.41) is 24.6. The van der Waals surface area contributed by atoms with Gasteiger partial charge in [-0.3, -0.25) is 39.5 Å². The van der Waals surface area contributed by atoms with Gasteiger partial charge in [0.25, 0.3) is 5.70 Å². The number of nitrogens with zero attached hydrogens (tertiary/aromatic N) is 5. The summed E-state index contributed by atoms with van der Waals surface area (Å²) in [4.78, 5) is 44.9. The van der Waals surface area contributed by atoms with E-state index in [1.165, 1.54) is 17.0 Å². The zero-order valence-electron chi connectivity index (χ0n) is 15.9. The van der Waals surface area contributed by atoms with Crippen LogP contribution in [0.1, 0.15) is 44.3 Å². The summed E-state index contributed by atoms with van der Waals surface area (Å²) in [6.07, 6.45) is 5.29. The number of carbonyl (C=O) groups excluding carboxylic acids is 2. The van der Waals surface area contributed by atoms with Crippen molar-refractivity contribution in [2.75, 3.05) is 6.54 Å². The Morgan fingerprint density at radius 1 is 1.07 bits per heavy atom. The molecule has 0 bridgehead atoms. The molecule has 2 fully saturated rings. The predicted octanol–water partition coefficient (Wildman–Crippen LogP) is 2.74. The second-order valence-corrected chi connectivity index (χ2v) is 8.05. The van der Waals surface area contributed by atoms with Crippen molar-refractivity contribution in [1.82, 2.24) is 9.78 Å². The molecular formula is C17H20BrN5O6. The SMILES string of the molecule is CC1=NCC=C1[N+](=O)[O-].Cc1nn(C2CC(=O)C2)cc1[N+](=O)[O-].O=C1CC(Br)C1. The largest absolute Gasteiger partial charge is 0.309 e. The van der Waals surface area contributed by atoms with Crippen molar-refractivity contribution in [3.63, 3.8) is 0 Å². The second-order valence-electron chi connectivity index (χ2n) is 6.75. The van der Waals surface area contributed by atoms with Crippen LogP contribution in [0.3, 0.4) is 0 Å². The van der Waals surface area contributed by atoms with Gasteiger partial charge in [-0.15, -0.1) is 0 Å². The van der Waals surface area contributed by atoms with E-state index in [-0.39, 0.29) is 23.2 Å². The molecule has 2 saturated carbocycles. The van der Waals surface area contributed by atoms with E-state index in [0.29, 0.717) is 41.4 Å². The highest BCUT2D eigenvalue weighted by molar-refractivity contribution is 9.09. The lowest BCUT2D eigenvalue weighted by Gasteiger charge is -2.23. The van der Waals surface area contributed by atoms with E-state index in [2.05, 4.69) is 26.0 Å².